The van der Waals surface area contributed by atoms with E-state index in [1.807, 2.05) is 24.3 Å². The zero-order valence-electron chi connectivity index (χ0n) is 16.9. The zero-order valence-corrected chi connectivity index (χ0v) is 19.3. The van der Waals surface area contributed by atoms with Crippen LogP contribution < -0.4 is 9.64 Å². The van der Waals surface area contributed by atoms with Crippen molar-refractivity contribution in [2.24, 2.45) is 0 Å². The lowest BCUT2D eigenvalue weighted by atomic mass is 10.1. The van der Waals surface area contributed by atoms with E-state index in [1.165, 1.54) is 11.3 Å². The first-order chi connectivity index (χ1) is 14.6. The van der Waals surface area contributed by atoms with Gasteiger partial charge in [-0.3, -0.25) is 9.69 Å². The molecule has 1 fully saturated rings. The molecule has 0 aliphatic carbocycles. The van der Waals surface area contributed by atoms with Crippen LogP contribution in [-0.4, -0.2) is 43.0 Å². The number of halogens is 1. The van der Waals surface area contributed by atoms with Crippen molar-refractivity contribution in [3.05, 3.63) is 47.0 Å². The number of carbonyl (C=O) groups excluding carboxylic acids is 1. The van der Waals surface area contributed by atoms with Gasteiger partial charge in [-0.15, -0.1) is 11.8 Å². The van der Waals surface area contributed by atoms with Crippen molar-refractivity contribution in [1.82, 2.24) is 4.98 Å². The molecular formula is C22H23ClN2O3S2. The van der Waals surface area contributed by atoms with E-state index in [2.05, 4.69) is 6.92 Å². The summed E-state index contributed by atoms with van der Waals surface area (Å²) in [5, 5.41) is 1.20. The fourth-order valence-electron chi connectivity index (χ4n) is 3.53. The van der Waals surface area contributed by atoms with Crippen LogP contribution in [0.25, 0.3) is 10.2 Å². The number of amides is 1. The summed E-state index contributed by atoms with van der Waals surface area (Å²) in [6.07, 6.45) is 1.95. The second kappa shape index (κ2) is 9.56. The Bertz CT molecular complexity index is 1050. The van der Waals surface area contributed by atoms with Gasteiger partial charge in [0.25, 0.3) is 5.91 Å². The molecule has 3 aromatic rings. The van der Waals surface area contributed by atoms with Gasteiger partial charge in [-0.1, -0.05) is 42.0 Å². The zero-order chi connectivity index (χ0) is 21.1. The van der Waals surface area contributed by atoms with E-state index >= 15 is 0 Å². The highest BCUT2D eigenvalue weighted by atomic mass is 35.5. The molecule has 2 heterocycles. The van der Waals surface area contributed by atoms with Crippen LogP contribution in [0.2, 0.25) is 5.02 Å². The van der Waals surface area contributed by atoms with Gasteiger partial charge in [0.05, 0.1) is 35.0 Å². The summed E-state index contributed by atoms with van der Waals surface area (Å²) in [6.45, 7) is 3.27. The molecule has 0 spiro atoms. The van der Waals surface area contributed by atoms with Gasteiger partial charge in [0.2, 0.25) is 0 Å². The Balaban J connectivity index is 1.78. The predicted molar refractivity (Wildman–Crippen MR) is 125 cm³/mol. The van der Waals surface area contributed by atoms with Crippen molar-refractivity contribution in [1.29, 1.82) is 0 Å². The van der Waals surface area contributed by atoms with Crippen LogP contribution in [0.4, 0.5) is 5.13 Å². The summed E-state index contributed by atoms with van der Waals surface area (Å²) in [5.74, 6) is 1.46. The van der Waals surface area contributed by atoms with Crippen molar-refractivity contribution >= 4 is 56.0 Å². The highest BCUT2D eigenvalue weighted by Gasteiger charge is 2.29. The van der Waals surface area contributed by atoms with Gasteiger partial charge in [-0.2, -0.15) is 0 Å². The number of ether oxygens (including phenoxy) is 2. The maximum absolute atomic E-state index is 13.7. The number of thiazole rings is 1. The third-order valence-electron chi connectivity index (χ3n) is 4.97. The number of fused-ring (bicyclic) bond motifs is 1. The second-order valence-corrected chi connectivity index (χ2v) is 9.59. The van der Waals surface area contributed by atoms with E-state index in [0.29, 0.717) is 33.5 Å². The summed E-state index contributed by atoms with van der Waals surface area (Å²) in [7, 11) is 1.61. The number of rotatable bonds is 7. The molecule has 0 radical (unpaired) electrons. The molecule has 5 nitrogen and oxygen atoms in total. The van der Waals surface area contributed by atoms with Crippen molar-refractivity contribution in [2.75, 3.05) is 30.9 Å². The molecular weight excluding hydrogens is 440 g/mol. The molecule has 1 amide bonds. The van der Waals surface area contributed by atoms with Crippen LogP contribution in [0.1, 0.15) is 30.1 Å². The van der Waals surface area contributed by atoms with E-state index in [4.69, 9.17) is 26.1 Å². The smallest absolute Gasteiger partial charge is 0.261 e. The average molecular weight is 463 g/mol. The Morgan fingerprint density at radius 1 is 1.37 bits per heavy atom. The molecule has 0 bridgehead atoms. The minimum Gasteiger partial charge on any atom is -0.494 e. The molecule has 30 heavy (non-hydrogen) atoms. The van der Waals surface area contributed by atoms with Gasteiger partial charge in [-0.05, 0) is 42.9 Å². The minimum absolute atomic E-state index is 0.00400. The minimum atomic E-state index is -0.0730. The third-order valence-corrected chi connectivity index (χ3v) is 7.47. The number of hydrogen-bond donors (Lipinski definition) is 0. The van der Waals surface area contributed by atoms with Crippen LogP contribution in [0.5, 0.6) is 5.75 Å². The Morgan fingerprint density at radius 3 is 2.93 bits per heavy atom. The third kappa shape index (κ3) is 4.30. The normalized spacial score (nSPS) is 16.2. The van der Waals surface area contributed by atoms with E-state index in [9.17, 15) is 4.79 Å². The molecule has 8 heteroatoms. The first-order valence-electron chi connectivity index (χ1n) is 9.90. The van der Waals surface area contributed by atoms with Gasteiger partial charge in [0.1, 0.15) is 11.3 Å². The van der Waals surface area contributed by atoms with E-state index in [1.54, 1.807) is 35.9 Å². The molecule has 1 aromatic heterocycles. The highest BCUT2D eigenvalue weighted by molar-refractivity contribution is 7.99. The maximum Gasteiger partial charge on any atom is 0.261 e. The Labute approximate surface area is 189 Å². The van der Waals surface area contributed by atoms with Gasteiger partial charge >= 0.3 is 0 Å². The molecule has 1 saturated heterocycles. The molecule has 0 N–H and O–H groups in total. The molecule has 1 unspecified atom stereocenters. The quantitative estimate of drug-likeness (QED) is 0.409. The maximum atomic E-state index is 13.7. The molecule has 1 aliphatic rings. The molecule has 0 saturated carbocycles. The van der Waals surface area contributed by atoms with Gasteiger partial charge in [-0.25, -0.2) is 4.98 Å². The van der Waals surface area contributed by atoms with Gasteiger partial charge in [0.15, 0.2) is 5.13 Å². The standard InChI is InChI=1S/C22H23ClN2O3S2/c1-3-29-18-9-5-4-8-15(18)21(26)25(13-14-7-6-12-28-14)22-24-19-17(27-2)11-10-16(23)20(19)30-22/h4-5,8-11,14H,3,6-7,12-13H2,1-2H3. The number of aromatic nitrogens is 1. The van der Waals surface area contributed by atoms with E-state index in [0.717, 1.165) is 34.8 Å². The summed E-state index contributed by atoms with van der Waals surface area (Å²) in [5.41, 5.74) is 1.35. The largest absolute Gasteiger partial charge is 0.494 e. The van der Waals surface area contributed by atoms with Gasteiger partial charge < -0.3 is 9.47 Å². The molecule has 2 aromatic carbocycles. The van der Waals surface area contributed by atoms with Crippen molar-refractivity contribution in [2.45, 2.75) is 30.8 Å². The number of methoxy groups -OCH3 is 1. The Morgan fingerprint density at radius 2 is 2.20 bits per heavy atom. The lowest BCUT2D eigenvalue weighted by Crippen LogP contribution is -2.37. The van der Waals surface area contributed by atoms with Crippen LogP contribution in [0.3, 0.4) is 0 Å². The lowest BCUT2D eigenvalue weighted by molar-refractivity contribution is 0.0915. The number of hydrogen-bond acceptors (Lipinski definition) is 6. The SMILES string of the molecule is CCSc1ccccc1C(=O)N(CC1CCCO1)c1nc2c(OC)ccc(Cl)c2s1. The van der Waals surface area contributed by atoms with Crippen molar-refractivity contribution in [3.8, 4) is 5.75 Å². The molecule has 1 aliphatic heterocycles. The first kappa shape index (κ1) is 21.4. The number of benzene rings is 2. The first-order valence-corrected chi connectivity index (χ1v) is 12.1. The van der Waals surface area contributed by atoms with Crippen LogP contribution in [0.15, 0.2) is 41.3 Å². The number of nitrogens with zero attached hydrogens (tertiary/aromatic N) is 2. The fourth-order valence-corrected chi connectivity index (χ4v) is 5.59. The summed E-state index contributed by atoms with van der Waals surface area (Å²) in [4.78, 5) is 21.2. The summed E-state index contributed by atoms with van der Waals surface area (Å²) in [6, 6.07) is 11.3. The fraction of sp³-hybridized carbons (Fsp3) is 0.364. The van der Waals surface area contributed by atoms with Crippen molar-refractivity contribution in [3.63, 3.8) is 0 Å². The number of thioether (sulfide) groups is 1. The summed E-state index contributed by atoms with van der Waals surface area (Å²) >= 11 is 9.49. The monoisotopic (exact) mass is 462 g/mol. The topological polar surface area (TPSA) is 51.7 Å². The Hall–Kier alpha value is -1.80. The Kier molecular flexibility index (Phi) is 6.83. The van der Waals surface area contributed by atoms with Gasteiger partial charge in [0, 0.05) is 11.5 Å². The van der Waals surface area contributed by atoms with Crippen LogP contribution >= 0.6 is 34.7 Å². The second-order valence-electron chi connectivity index (χ2n) is 6.90. The van der Waals surface area contributed by atoms with E-state index in [-0.39, 0.29) is 12.0 Å². The predicted octanol–water partition coefficient (Wildman–Crippen LogP) is 5.90. The number of anilines is 1. The molecule has 1 atom stereocenters. The molecule has 158 valence electrons. The average Bonchev–Trinajstić information content (AvgIpc) is 3.43. The molecule has 4 rings (SSSR count). The summed E-state index contributed by atoms with van der Waals surface area (Å²) < 4.78 is 12.1. The number of carbonyl (C=O) groups is 1. The van der Waals surface area contributed by atoms with Crippen molar-refractivity contribution < 1.29 is 14.3 Å². The van der Waals surface area contributed by atoms with Crippen LogP contribution in [-0.2, 0) is 4.74 Å². The highest BCUT2D eigenvalue weighted by Crippen LogP contribution is 2.39. The lowest BCUT2D eigenvalue weighted by Gasteiger charge is -2.24. The van der Waals surface area contributed by atoms with Crippen LogP contribution in [0, 0.1) is 0 Å². The van der Waals surface area contributed by atoms with E-state index < -0.39 is 0 Å².